The third-order valence-electron chi connectivity index (χ3n) is 6.07. The van der Waals surface area contributed by atoms with Gasteiger partial charge in [0.05, 0.1) is 29.7 Å². The molecule has 0 fully saturated rings. The first kappa shape index (κ1) is 33.0. The van der Waals surface area contributed by atoms with E-state index in [9.17, 15) is 31.5 Å². The maximum atomic E-state index is 13.5. The molecule has 0 bridgehead atoms. The Balaban J connectivity index is 3.38. The van der Waals surface area contributed by atoms with Crippen molar-refractivity contribution in [3.8, 4) is 0 Å². The Hall–Kier alpha value is -2.06. The molecule has 212 valence electrons. The quantitative estimate of drug-likeness (QED) is 0.223. The number of aliphatic hydroxyl groups is 1. The van der Waals surface area contributed by atoms with Crippen LogP contribution in [0.3, 0.4) is 0 Å². The number of hydrogen-bond acceptors (Lipinski definition) is 8. The number of likely N-dealkylation sites (N-methyl/N-ethyl adjacent to an activating group) is 1. The maximum absolute atomic E-state index is 13.5. The van der Waals surface area contributed by atoms with Gasteiger partial charge < -0.3 is 21.1 Å². The highest BCUT2D eigenvalue weighted by molar-refractivity contribution is 7.92. The van der Waals surface area contributed by atoms with Crippen molar-refractivity contribution in [2.45, 2.75) is 57.1 Å². The molecule has 0 heterocycles. The normalized spacial score (nSPS) is 15.3. The van der Waals surface area contributed by atoms with Gasteiger partial charge in [0.25, 0.3) is 0 Å². The van der Waals surface area contributed by atoms with Crippen molar-refractivity contribution in [1.82, 2.24) is 20.3 Å². The Morgan fingerprint density at radius 2 is 1.57 bits per heavy atom. The topological polar surface area (TPSA) is 162 Å². The number of nitrogens with zero attached hydrogens (tertiary/aromatic N) is 1. The zero-order valence-electron chi connectivity index (χ0n) is 22.7. The first-order valence-electron chi connectivity index (χ1n) is 12.0. The summed E-state index contributed by atoms with van der Waals surface area (Å²) in [4.78, 5) is 25.8. The standard InChI is InChI=1S/C24H42N4O7S2/c1-17(2)15-28(37(7,34)35)16-20(29)19(13-18-11-9-8-10-12-18)26-23(31)22(27-21(30)14-25-5)24(3,4)36(6,32)33/h8-12,17,19-20,22,25,29H,13-16H2,1-7H3,(H,26,31)(H,27,30). The van der Waals surface area contributed by atoms with Gasteiger partial charge in [-0.1, -0.05) is 44.2 Å². The van der Waals surface area contributed by atoms with Crippen LogP contribution in [0.5, 0.6) is 0 Å². The van der Waals surface area contributed by atoms with Gasteiger partial charge in [0.1, 0.15) is 6.04 Å². The summed E-state index contributed by atoms with van der Waals surface area (Å²) in [6.45, 7) is 6.12. The fourth-order valence-electron chi connectivity index (χ4n) is 3.65. The second kappa shape index (κ2) is 13.7. The van der Waals surface area contributed by atoms with Crippen LogP contribution in [0.2, 0.25) is 0 Å². The summed E-state index contributed by atoms with van der Waals surface area (Å²) in [6.07, 6.45) is 0.842. The third-order valence-corrected chi connectivity index (χ3v) is 9.46. The van der Waals surface area contributed by atoms with Crippen molar-refractivity contribution in [1.29, 1.82) is 0 Å². The number of nitrogens with one attached hydrogen (secondary N) is 3. The molecule has 37 heavy (non-hydrogen) atoms. The van der Waals surface area contributed by atoms with Crippen LogP contribution in [0.1, 0.15) is 33.3 Å². The summed E-state index contributed by atoms with van der Waals surface area (Å²) in [7, 11) is -5.94. The van der Waals surface area contributed by atoms with E-state index in [2.05, 4.69) is 16.0 Å². The average Bonchev–Trinajstić information content (AvgIpc) is 2.75. The Morgan fingerprint density at radius 1 is 1.00 bits per heavy atom. The Morgan fingerprint density at radius 3 is 2.03 bits per heavy atom. The zero-order chi connectivity index (χ0) is 28.6. The number of aliphatic hydroxyl groups excluding tert-OH is 1. The molecule has 0 aliphatic rings. The van der Waals surface area contributed by atoms with E-state index in [4.69, 9.17) is 0 Å². The van der Waals surface area contributed by atoms with Gasteiger partial charge in [-0.3, -0.25) is 9.59 Å². The van der Waals surface area contributed by atoms with Gasteiger partial charge >= 0.3 is 0 Å². The molecule has 0 spiro atoms. The molecule has 1 aromatic carbocycles. The molecule has 0 aromatic heterocycles. The minimum Gasteiger partial charge on any atom is -0.390 e. The number of rotatable bonds is 15. The van der Waals surface area contributed by atoms with Crippen LogP contribution >= 0.6 is 0 Å². The van der Waals surface area contributed by atoms with E-state index < -0.39 is 54.6 Å². The number of benzene rings is 1. The lowest BCUT2D eigenvalue weighted by Crippen LogP contribution is -2.63. The van der Waals surface area contributed by atoms with Gasteiger partial charge in [0.15, 0.2) is 9.84 Å². The number of carbonyl (C=O) groups excluding carboxylic acids is 2. The Bertz CT molecular complexity index is 1110. The van der Waals surface area contributed by atoms with E-state index >= 15 is 0 Å². The van der Waals surface area contributed by atoms with Crippen LogP contribution in [-0.2, 0) is 35.9 Å². The minimum atomic E-state index is -3.82. The molecule has 0 saturated carbocycles. The molecule has 1 rings (SSSR count). The Labute approximate surface area is 221 Å². The molecule has 0 aliphatic carbocycles. The maximum Gasteiger partial charge on any atom is 0.244 e. The van der Waals surface area contributed by atoms with Crippen molar-refractivity contribution in [2.75, 3.05) is 39.2 Å². The fourth-order valence-corrected chi connectivity index (χ4v) is 5.23. The summed E-state index contributed by atoms with van der Waals surface area (Å²) in [6, 6.07) is 6.51. The minimum absolute atomic E-state index is 0.00795. The monoisotopic (exact) mass is 562 g/mol. The van der Waals surface area contributed by atoms with Gasteiger partial charge in [-0.15, -0.1) is 0 Å². The molecule has 0 aliphatic heterocycles. The van der Waals surface area contributed by atoms with Crippen LogP contribution in [0.4, 0.5) is 0 Å². The van der Waals surface area contributed by atoms with E-state index in [0.29, 0.717) is 0 Å². The van der Waals surface area contributed by atoms with E-state index in [1.807, 2.05) is 19.9 Å². The van der Waals surface area contributed by atoms with Gasteiger partial charge in [0.2, 0.25) is 21.8 Å². The second-order valence-corrected chi connectivity index (χ2v) is 14.8. The molecule has 3 unspecified atom stereocenters. The predicted octanol–water partition coefficient (Wildman–Crippen LogP) is -0.480. The highest BCUT2D eigenvalue weighted by Crippen LogP contribution is 2.21. The lowest BCUT2D eigenvalue weighted by Gasteiger charge is -2.35. The van der Waals surface area contributed by atoms with E-state index in [-0.39, 0.29) is 32.0 Å². The van der Waals surface area contributed by atoms with Gasteiger partial charge in [0, 0.05) is 19.3 Å². The molecule has 2 amide bonds. The van der Waals surface area contributed by atoms with Crippen molar-refractivity contribution < 1.29 is 31.5 Å². The van der Waals surface area contributed by atoms with E-state index in [1.54, 1.807) is 24.3 Å². The van der Waals surface area contributed by atoms with Crippen LogP contribution in [-0.4, -0.2) is 100 Å². The number of carbonyl (C=O) groups is 2. The Kier molecular flexibility index (Phi) is 12.2. The third kappa shape index (κ3) is 10.3. The summed E-state index contributed by atoms with van der Waals surface area (Å²) in [5.41, 5.74) is 0.764. The number of amides is 2. The molecule has 1 aromatic rings. The van der Waals surface area contributed by atoms with E-state index in [1.165, 1.54) is 20.9 Å². The van der Waals surface area contributed by atoms with Gasteiger partial charge in [-0.05, 0) is 38.8 Å². The van der Waals surface area contributed by atoms with Crippen LogP contribution < -0.4 is 16.0 Å². The molecule has 13 heteroatoms. The molecular weight excluding hydrogens is 520 g/mol. The largest absolute Gasteiger partial charge is 0.390 e. The smallest absolute Gasteiger partial charge is 0.244 e. The predicted molar refractivity (Wildman–Crippen MR) is 144 cm³/mol. The molecule has 4 N–H and O–H groups in total. The van der Waals surface area contributed by atoms with Crippen LogP contribution in [0.15, 0.2) is 30.3 Å². The second-order valence-electron chi connectivity index (χ2n) is 10.3. The average molecular weight is 563 g/mol. The lowest BCUT2D eigenvalue weighted by atomic mass is 9.98. The van der Waals surface area contributed by atoms with Crippen LogP contribution in [0, 0.1) is 5.92 Å². The van der Waals surface area contributed by atoms with Crippen LogP contribution in [0.25, 0.3) is 0 Å². The summed E-state index contributed by atoms with van der Waals surface area (Å²) in [5.74, 6) is -1.40. The fraction of sp³-hybridized carbons (Fsp3) is 0.667. The zero-order valence-corrected chi connectivity index (χ0v) is 24.3. The van der Waals surface area contributed by atoms with Gasteiger partial charge in [-0.2, -0.15) is 4.31 Å². The molecule has 0 saturated heterocycles. The highest BCUT2D eigenvalue weighted by atomic mass is 32.2. The van der Waals surface area contributed by atoms with Crippen molar-refractivity contribution in [3.05, 3.63) is 35.9 Å². The van der Waals surface area contributed by atoms with Crippen molar-refractivity contribution in [3.63, 3.8) is 0 Å². The molecular formula is C24H42N4O7S2. The summed E-state index contributed by atoms with van der Waals surface area (Å²) in [5, 5.41) is 19.0. The highest BCUT2D eigenvalue weighted by Gasteiger charge is 2.45. The number of sulfonamides is 1. The van der Waals surface area contributed by atoms with Crippen molar-refractivity contribution in [2.24, 2.45) is 5.92 Å². The summed E-state index contributed by atoms with van der Waals surface area (Å²) < 4.78 is 49.2. The first-order chi connectivity index (χ1) is 16.9. The molecule has 3 atom stereocenters. The molecule has 0 radical (unpaired) electrons. The number of sulfone groups is 1. The van der Waals surface area contributed by atoms with Gasteiger partial charge in [-0.25, -0.2) is 16.8 Å². The van der Waals surface area contributed by atoms with Crippen molar-refractivity contribution >= 4 is 31.7 Å². The lowest BCUT2D eigenvalue weighted by molar-refractivity contribution is -0.130. The summed E-state index contributed by atoms with van der Waals surface area (Å²) >= 11 is 0. The first-order valence-corrected chi connectivity index (χ1v) is 15.7. The SMILES string of the molecule is CNCC(=O)NC(C(=O)NC(Cc1ccccc1)C(O)CN(CC(C)C)S(C)(=O)=O)C(C)(C)S(C)(=O)=O. The molecule has 11 nitrogen and oxygen atoms in total. The van der Waals surface area contributed by atoms with E-state index in [0.717, 1.165) is 22.4 Å². The number of hydrogen-bond donors (Lipinski definition) is 4.